The first-order chi connectivity index (χ1) is 13.0. The second kappa shape index (κ2) is 9.11. The number of hydrogen-bond acceptors (Lipinski definition) is 3. The second-order valence-electron chi connectivity index (χ2n) is 6.91. The van der Waals surface area contributed by atoms with E-state index >= 15 is 0 Å². The lowest BCUT2D eigenvalue weighted by Crippen LogP contribution is -2.49. The molecule has 0 spiro atoms. The van der Waals surface area contributed by atoms with Crippen molar-refractivity contribution in [2.45, 2.75) is 13.8 Å². The van der Waals surface area contributed by atoms with Gasteiger partial charge in [0, 0.05) is 45.0 Å². The van der Waals surface area contributed by atoms with E-state index < -0.39 is 0 Å². The van der Waals surface area contributed by atoms with Crippen LogP contribution in [0.15, 0.2) is 42.5 Å². The maximum absolute atomic E-state index is 12.0. The minimum absolute atomic E-state index is 0.225. The summed E-state index contributed by atoms with van der Waals surface area (Å²) in [5.41, 5.74) is 4.67. The molecule has 0 saturated carbocycles. The zero-order valence-electron chi connectivity index (χ0n) is 16.0. The number of anilines is 2. The Morgan fingerprint density at radius 2 is 1.78 bits per heavy atom. The van der Waals surface area contributed by atoms with Crippen molar-refractivity contribution in [1.29, 1.82) is 0 Å². The Morgan fingerprint density at radius 1 is 1.04 bits per heavy atom. The van der Waals surface area contributed by atoms with Crippen LogP contribution >= 0.6 is 11.6 Å². The third kappa shape index (κ3) is 5.15. The Bertz CT molecular complexity index is 788. The average molecular weight is 387 g/mol. The van der Waals surface area contributed by atoms with Gasteiger partial charge in [-0.25, -0.2) is 4.79 Å². The van der Waals surface area contributed by atoms with Gasteiger partial charge >= 0.3 is 6.03 Å². The maximum atomic E-state index is 12.0. The van der Waals surface area contributed by atoms with Crippen LogP contribution in [0, 0.1) is 13.8 Å². The molecular weight excluding hydrogens is 360 g/mol. The SMILES string of the molecule is Cc1cccc(N2CCN(CCNC(=O)Nc3ccccc3Cl)CC2)c1C. The van der Waals surface area contributed by atoms with E-state index in [1.54, 1.807) is 12.1 Å². The van der Waals surface area contributed by atoms with Gasteiger partial charge < -0.3 is 15.5 Å². The molecular formula is C21H27ClN4O. The third-order valence-electron chi connectivity index (χ3n) is 5.12. The highest BCUT2D eigenvalue weighted by atomic mass is 35.5. The summed E-state index contributed by atoms with van der Waals surface area (Å²) in [7, 11) is 0. The van der Waals surface area contributed by atoms with E-state index in [9.17, 15) is 4.79 Å². The molecule has 0 bridgehead atoms. The van der Waals surface area contributed by atoms with Crippen molar-refractivity contribution in [2.75, 3.05) is 49.5 Å². The van der Waals surface area contributed by atoms with E-state index in [4.69, 9.17) is 11.6 Å². The van der Waals surface area contributed by atoms with E-state index in [1.807, 2.05) is 12.1 Å². The van der Waals surface area contributed by atoms with Crippen LogP contribution in [0.3, 0.4) is 0 Å². The Kier molecular flexibility index (Phi) is 6.58. The first-order valence-corrected chi connectivity index (χ1v) is 9.75. The molecule has 0 radical (unpaired) electrons. The Balaban J connectivity index is 1.40. The lowest BCUT2D eigenvalue weighted by Gasteiger charge is -2.37. The lowest BCUT2D eigenvalue weighted by atomic mass is 10.1. The van der Waals surface area contributed by atoms with E-state index in [1.165, 1.54) is 16.8 Å². The molecule has 0 aliphatic carbocycles. The van der Waals surface area contributed by atoms with Crippen LogP contribution in [0.5, 0.6) is 0 Å². The molecule has 0 aromatic heterocycles. The van der Waals surface area contributed by atoms with Crippen molar-refractivity contribution in [3.63, 3.8) is 0 Å². The van der Waals surface area contributed by atoms with Gasteiger partial charge in [-0.05, 0) is 43.2 Å². The predicted molar refractivity (Wildman–Crippen MR) is 113 cm³/mol. The first-order valence-electron chi connectivity index (χ1n) is 9.37. The number of benzene rings is 2. The van der Waals surface area contributed by atoms with Crippen molar-refractivity contribution in [1.82, 2.24) is 10.2 Å². The summed E-state index contributed by atoms with van der Waals surface area (Å²) in [5, 5.41) is 6.22. The minimum atomic E-state index is -0.225. The summed E-state index contributed by atoms with van der Waals surface area (Å²) >= 11 is 6.05. The summed E-state index contributed by atoms with van der Waals surface area (Å²) in [4.78, 5) is 16.8. The molecule has 2 aromatic carbocycles. The van der Waals surface area contributed by atoms with Crippen LogP contribution in [-0.2, 0) is 0 Å². The summed E-state index contributed by atoms with van der Waals surface area (Å²) in [6, 6.07) is 13.5. The molecule has 1 fully saturated rings. The molecule has 2 amide bonds. The molecule has 0 unspecified atom stereocenters. The largest absolute Gasteiger partial charge is 0.369 e. The van der Waals surface area contributed by atoms with Crippen molar-refractivity contribution in [3.8, 4) is 0 Å². The standard InChI is InChI=1S/C21H27ClN4O/c1-16-6-5-9-20(17(16)2)26-14-12-25(13-15-26)11-10-23-21(27)24-19-8-4-3-7-18(19)22/h3-9H,10-15H2,1-2H3,(H2,23,24,27). The Morgan fingerprint density at radius 3 is 2.52 bits per heavy atom. The van der Waals surface area contributed by atoms with Crippen LogP contribution in [0.2, 0.25) is 5.02 Å². The maximum Gasteiger partial charge on any atom is 0.319 e. The van der Waals surface area contributed by atoms with E-state index in [2.05, 4.69) is 52.5 Å². The number of para-hydroxylation sites is 1. The second-order valence-corrected chi connectivity index (χ2v) is 7.32. The fraction of sp³-hybridized carbons (Fsp3) is 0.381. The van der Waals surface area contributed by atoms with Gasteiger partial charge in [-0.3, -0.25) is 4.90 Å². The number of amides is 2. The van der Waals surface area contributed by atoms with E-state index in [0.29, 0.717) is 17.3 Å². The van der Waals surface area contributed by atoms with Crippen molar-refractivity contribution in [2.24, 2.45) is 0 Å². The van der Waals surface area contributed by atoms with Crippen LogP contribution in [0.25, 0.3) is 0 Å². The number of aryl methyl sites for hydroxylation is 1. The summed E-state index contributed by atoms with van der Waals surface area (Å²) in [6.45, 7) is 9.83. The van der Waals surface area contributed by atoms with Crippen LogP contribution in [-0.4, -0.2) is 50.2 Å². The molecule has 27 heavy (non-hydrogen) atoms. The number of nitrogens with zero attached hydrogens (tertiary/aromatic N) is 2. The van der Waals surface area contributed by atoms with Gasteiger partial charge in [0.1, 0.15) is 0 Å². The van der Waals surface area contributed by atoms with Crippen molar-refractivity contribution in [3.05, 3.63) is 58.6 Å². The molecule has 1 aliphatic heterocycles. The highest BCUT2D eigenvalue weighted by Crippen LogP contribution is 2.23. The molecule has 6 heteroatoms. The Labute approximate surface area is 166 Å². The highest BCUT2D eigenvalue weighted by Gasteiger charge is 2.18. The fourth-order valence-electron chi connectivity index (χ4n) is 3.35. The molecule has 1 saturated heterocycles. The number of piperazine rings is 1. The van der Waals surface area contributed by atoms with Gasteiger partial charge in [-0.2, -0.15) is 0 Å². The quantitative estimate of drug-likeness (QED) is 0.819. The number of halogens is 1. The van der Waals surface area contributed by atoms with Gasteiger partial charge in [-0.1, -0.05) is 35.9 Å². The van der Waals surface area contributed by atoms with Crippen LogP contribution < -0.4 is 15.5 Å². The molecule has 144 valence electrons. The first kappa shape index (κ1) is 19.5. The van der Waals surface area contributed by atoms with Gasteiger partial charge in [0.15, 0.2) is 0 Å². The van der Waals surface area contributed by atoms with Gasteiger partial charge in [0.2, 0.25) is 0 Å². The third-order valence-corrected chi connectivity index (χ3v) is 5.45. The van der Waals surface area contributed by atoms with Gasteiger partial charge in [-0.15, -0.1) is 0 Å². The number of hydrogen-bond donors (Lipinski definition) is 2. The molecule has 1 heterocycles. The van der Waals surface area contributed by atoms with Crippen LogP contribution in [0.1, 0.15) is 11.1 Å². The zero-order valence-corrected chi connectivity index (χ0v) is 16.7. The molecule has 5 nitrogen and oxygen atoms in total. The zero-order chi connectivity index (χ0) is 19.2. The molecule has 3 rings (SSSR count). The lowest BCUT2D eigenvalue weighted by molar-refractivity contribution is 0.240. The molecule has 2 aromatic rings. The number of rotatable bonds is 5. The number of carbonyl (C=O) groups is 1. The number of urea groups is 1. The summed E-state index contributed by atoms with van der Waals surface area (Å²) < 4.78 is 0. The molecule has 1 aliphatic rings. The topological polar surface area (TPSA) is 47.6 Å². The normalized spacial score (nSPS) is 14.9. The summed E-state index contributed by atoms with van der Waals surface area (Å²) in [5.74, 6) is 0. The van der Waals surface area contributed by atoms with Crippen molar-refractivity contribution < 1.29 is 4.79 Å². The van der Waals surface area contributed by atoms with Crippen LogP contribution in [0.4, 0.5) is 16.2 Å². The van der Waals surface area contributed by atoms with Crippen molar-refractivity contribution >= 4 is 29.0 Å². The smallest absolute Gasteiger partial charge is 0.319 e. The molecule has 0 atom stereocenters. The number of nitrogens with one attached hydrogen (secondary N) is 2. The van der Waals surface area contributed by atoms with Gasteiger partial charge in [0.05, 0.1) is 10.7 Å². The van der Waals surface area contributed by atoms with Gasteiger partial charge in [0.25, 0.3) is 0 Å². The van der Waals surface area contributed by atoms with E-state index in [0.717, 1.165) is 32.7 Å². The minimum Gasteiger partial charge on any atom is -0.369 e. The molecule has 2 N–H and O–H groups in total. The predicted octanol–water partition coefficient (Wildman–Crippen LogP) is 3.90. The summed E-state index contributed by atoms with van der Waals surface area (Å²) in [6.07, 6.45) is 0. The Hall–Kier alpha value is -2.24. The monoisotopic (exact) mass is 386 g/mol. The highest BCUT2D eigenvalue weighted by molar-refractivity contribution is 6.33. The van der Waals surface area contributed by atoms with E-state index in [-0.39, 0.29) is 6.03 Å². The fourth-order valence-corrected chi connectivity index (χ4v) is 3.53. The number of carbonyl (C=O) groups excluding carboxylic acids is 1. The average Bonchev–Trinajstić information content (AvgIpc) is 2.67.